The van der Waals surface area contributed by atoms with Crippen molar-refractivity contribution in [2.24, 2.45) is 0 Å². The maximum absolute atomic E-state index is 12.3. The fourth-order valence-corrected chi connectivity index (χ4v) is 3.48. The number of nitrogens with one attached hydrogen (secondary N) is 1. The first kappa shape index (κ1) is 18.2. The van der Waals surface area contributed by atoms with Crippen molar-refractivity contribution in [2.75, 3.05) is 6.61 Å². The highest BCUT2D eigenvalue weighted by Crippen LogP contribution is 2.33. The van der Waals surface area contributed by atoms with Gasteiger partial charge in [-0.05, 0) is 50.2 Å². The number of hydrogen-bond donors (Lipinski definition) is 1. The van der Waals surface area contributed by atoms with Crippen LogP contribution in [-0.2, 0) is 0 Å². The Balaban J connectivity index is 1.53. The molecule has 28 heavy (non-hydrogen) atoms. The predicted octanol–water partition coefficient (Wildman–Crippen LogP) is 4.23. The summed E-state index contributed by atoms with van der Waals surface area (Å²) in [5, 5.41) is 9.02. The van der Waals surface area contributed by atoms with Crippen molar-refractivity contribution >= 4 is 22.7 Å². The summed E-state index contributed by atoms with van der Waals surface area (Å²) in [6, 6.07) is 14.7. The number of hydrogen-bond acceptors (Lipinski definition) is 7. The van der Waals surface area contributed by atoms with Gasteiger partial charge in [-0.2, -0.15) is 0 Å². The number of fused-ring (bicyclic) bond motifs is 1. The van der Waals surface area contributed by atoms with E-state index in [1.54, 1.807) is 6.07 Å². The smallest absolute Gasteiger partial charge is 0.277 e. The van der Waals surface area contributed by atoms with E-state index in [0.717, 1.165) is 11.3 Å². The van der Waals surface area contributed by atoms with E-state index in [1.165, 1.54) is 11.8 Å². The number of aromatic nitrogens is 4. The maximum atomic E-state index is 12.3. The number of rotatable bonds is 6. The molecule has 4 aromatic rings. The molecule has 0 saturated heterocycles. The van der Waals surface area contributed by atoms with Gasteiger partial charge in [0.1, 0.15) is 11.6 Å². The van der Waals surface area contributed by atoms with Gasteiger partial charge in [0.15, 0.2) is 0 Å². The molecule has 2 aromatic carbocycles. The molecule has 1 atom stereocenters. The first-order valence-electron chi connectivity index (χ1n) is 8.86. The lowest BCUT2D eigenvalue weighted by Gasteiger charge is -2.08. The summed E-state index contributed by atoms with van der Waals surface area (Å²) in [5.74, 6) is 1.78. The number of ether oxygens (including phenoxy) is 1. The zero-order chi connectivity index (χ0) is 19.5. The summed E-state index contributed by atoms with van der Waals surface area (Å²) in [6.45, 7) is 4.48. The molecule has 4 rings (SSSR count). The van der Waals surface area contributed by atoms with E-state index in [1.807, 2.05) is 56.3 Å². The Hall–Kier alpha value is -3.13. The fourth-order valence-electron chi connectivity index (χ4n) is 2.74. The third-order valence-electron chi connectivity index (χ3n) is 4.11. The van der Waals surface area contributed by atoms with E-state index < -0.39 is 0 Å². The summed E-state index contributed by atoms with van der Waals surface area (Å²) < 4.78 is 11.2. The van der Waals surface area contributed by atoms with Gasteiger partial charge in [-0.25, -0.2) is 4.98 Å². The molecule has 7 nitrogen and oxygen atoms in total. The SMILES string of the molecule is CCOc1ccc(-c2nnc(S[C@H](C)c3nc4ccccc4c(=O)[nH]3)o2)cc1. The number of benzene rings is 2. The van der Waals surface area contributed by atoms with E-state index in [0.29, 0.717) is 34.4 Å². The quantitative estimate of drug-likeness (QED) is 0.489. The molecule has 0 aliphatic heterocycles. The van der Waals surface area contributed by atoms with Crippen LogP contribution < -0.4 is 10.3 Å². The molecular formula is C20H18N4O3S. The highest BCUT2D eigenvalue weighted by Gasteiger charge is 2.17. The van der Waals surface area contributed by atoms with Crippen molar-refractivity contribution < 1.29 is 9.15 Å². The third kappa shape index (κ3) is 3.77. The van der Waals surface area contributed by atoms with Gasteiger partial charge in [0.25, 0.3) is 10.8 Å². The number of H-pyrrole nitrogens is 1. The topological polar surface area (TPSA) is 93.9 Å². The van der Waals surface area contributed by atoms with Crippen molar-refractivity contribution in [3.8, 4) is 17.2 Å². The average Bonchev–Trinajstić information content (AvgIpc) is 3.17. The Morgan fingerprint density at radius 3 is 2.71 bits per heavy atom. The van der Waals surface area contributed by atoms with E-state index in [2.05, 4.69) is 20.2 Å². The summed E-state index contributed by atoms with van der Waals surface area (Å²) in [7, 11) is 0. The highest BCUT2D eigenvalue weighted by atomic mass is 32.2. The van der Waals surface area contributed by atoms with Crippen LogP contribution in [0.25, 0.3) is 22.4 Å². The molecule has 0 spiro atoms. The molecule has 0 bridgehead atoms. The number of nitrogens with zero attached hydrogens (tertiary/aromatic N) is 3. The van der Waals surface area contributed by atoms with Crippen LogP contribution in [0.1, 0.15) is 24.9 Å². The zero-order valence-electron chi connectivity index (χ0n) is 15.4. The molecule has 0 amide bonds. The Morgan fingerprint density at radius 1 is 1.14 bits per heavy atom. The zero-order valence-corrected chi connectivity index (χ0v) is 16.2. The standard InChI is InChI=1S/C20H18N4O3S/c1-3-26-14-10-8-13(9-11-14)19-23-24-20(27-19)28-12(2)17-21-16-7-5-4-6-15(16)18(25)22-17/h4-12H,3H2,1-2H3,(H,21,22,25)/t12-/m1/s1. The van der Waals surface area contributed by atoms with Gasteiger partial charge in [-0.3, -0.25) is 4.79 Å². The molecule has 1 N–H and O–H groups in total. The van der Waals surface area contributed by atoms with Crippen LogP contribution in [0, 0.1) is 0 Å². The molecule has 0 fully saturated rings. The van der Waals surface area contributed by atoms with Crippen molar-refractivity contribution in [1.29, 1.82) is 0 Å². The van der Waals surface area contributed by atoms with E-state index in [9.17, 15) is 4.79 Å². The number of thioether (sulfide) groups is 1. The Morgan fingerprint density at radius 2 is 1.93 bits per heavy atom. The first-order chi connectivity index (χ1) is 13.6. The normalized spacial score (nSPS) is 12.2. The van der Waals surface area contributed by atoms with Gasteiger partial charge in [-0.15, -0.1) is 10.2 Å². The van der Waals surface area contributed by atoms with Crippen LogP contribution in [0.15, 0.2) is 63.0 Å². The molecule has 0 radical (unpaired) electrons. The maximum Gasteiger partial charge on any atom is 0.277 e. The van der Waals surface area contributed by atoms with Gasteiger partial charge < -0.3 is 14.1 Å². The van der Waals surface area contributed by atoms with E-state index >= 15 is 0 Å². The van der Waals surface area contributed by atoms with Gasteiger partial charge in [0.05, 0.1) is 22.8 Å². The lowest BCUT2D eigenvalue weighted by atomic mass is 10.2. The molecule has 0 aliphatic carbocycles. The molecule has 0 saturated carbocycles. The largest absolute Gasteiger partial charge is 0.494 e. The van der Waals surface area contributed by atoms with Gasteiger partial charge in [0, 0.05) is 5.56 Å². The van der Waals surface area contributed by atoms with Crippen LogP contribution >= 0.6 is 11.8 Å². The molecule has 142 valence electrons. The van der Waals surface area contributed by atoms with Crippen molar-refractivity contribution in [3.05, 3.63) is 64.7 Å². The minimum Gasteiger partial charge on any atom is -0.494 e. The lowest BCUT2D eigenvalue weighted by molar-refractivity contribution is 0.340. The predicted molar refractivity (Wildman–Crippen MR) is 108 cm³/mol. The molecule has 0 unspecified atom stereocenters. The molecule has 8 heteroatoms. The van der Waals surface area contributed by atoms with E-state index in [4.69, 9.17) is 9.15 Å². The van der Waals surface area contributed by atoms with Gasteiger partial charge in [0.2, 0.25) is 5.89 Å². The Labute approximate surface area is 165 Å². The molecule has 0 aliphatic rings. The third-order valence-corrected chi connectivity index (χ3v) is 5.06. The van der Waals surface area contributed by atoms with Crippen LogP contribution in [0.3, 0.4) is 0 Å². The van der Waals surface area contributed by atoms with Gasteiger partial charge >= 0.3 is 0 Å². The van der Waals surface area contributed by atoms with Crippen LogP contribution in [-0.4, -0.2) is 26.8 Å². The molecule has 2 aromatic heterocycles. The Kier molecular flexibility index (Phi) is 5.12. The van der Waals surface area contributed by atoms with Crippen LogP contribution in [0.4, 0.5) is 0 Å². The monoisotopic (exact) mass is 394 g/mol. The Bertz CT molecular complexity index is 1150. The highest BCUT2D eigenvalue weighted by molar-refractivity contribution is 7.99. The van der Waals surface area contributed by atoms with Crippen molar-refractivity contribution in [3.63, 3.8) is 0 Å². The fraction of sp³-hybridized carbons (Fsp3) is 0.200. The average molecular weight is 394 g/mol. The summed E-state index contributed by atoms with van der Waals surface area (Å²) in [6.07, 6.45) is 0. The van der Waals surface area contributed by atoms with Crippen LogP contribution in [0.5, 0.6) is 5.75 Å². The summed E-state index contributed by atoms with van der Waals surface area (Å²) in [5.41, 5.74) is 1.32. The number of para-hydroxylation sites is 1. The van der Waals surface area contributed by atoms with Crippen LogP contribution in [0.2, 0.25) is 0 Å². The molecule has 2 heterocycles. The minimum atomic E-state index is -0.161. The van der Waals surface area contributed by atoms with E-state index in [-0.39, 0.29) is 10.8 Å². The summed E-state index contributed by atoms with van der Waals surface area (Å²) in [4.78, 5) is 19.6. The second-order valence-corrected chi connectivity index (χ2v) is 7.35. The van der Waals surface area contributed by atoms with Crippen molar-refractivity contribution in [2.45, 2.75) is 24.3 Å². The number of aromatic amines is 1. The molecular weight excluding hydrogens is 376 g/mol. The first-order valence-corrected chi connectivity index (χ1v) is 9.74. The minimum absolute atomic E-state index is 0.159. The van der Waals surface area contributed by atoms with Gasteiger partial charge in [-0.1, -0.05) is 23.9 Å². The second-order valence-electron chi connectivity index (χ2n) is 6.06. The summed E-state index contributed by atoms with van der Waals surface area (Å²) >= 11 is 1.34. The van der Waals surface area contributed by atoms with Crippen molar-refractivity contribution in [1.82, 2.24) is 20.2 Å². The second kappa shape index (κ2) is 7.85. The lowest BCUT2D eigenvalue weighted by Crippen LogP contribution is -2.12.